The summed E-state index contributed by atoms with van der Waals surface area (Å²) in [4.78, 5) is 17.8. The maximum Gasteiger partial charge on any atom is 0.279 e. The summed E-state index contributed by atoms with van der Waals surface area (Å²) in [6, 6.07) is 5.08. The summed E-state index contributed by atoms with van der Waals surface area (Å²) in [5.74, 6) is 1.32. The Labute approximate surface area is 158 Å². The number of aryl methyl sites for hydroxylation is 2. The fourth-order valence-corrected chi connectivity index (χ4v) is 4.83. The number of fused-ring (bicyclic) bond motifs is 1. The maximum atomic E-state index is 12.8. The molecule has 144 valence electrons. The Morgan fingerprint density at radius 3 is 2.81 bits per heavy atom. The third-order valence-electron chi connectivity index (χ3n) is 5.06. The number of rotatable bonds is 5. The van der Waals surface area contributed by atoms with Crippen molar-refractivity contribution in [2.75, 3.05) is 18.3 Å². The van der Waals surface area contributed by atoms with Crippen molar-refractivity contribution < 1.29 is 17.9 Å². The molecule has 8 nitrogen and oxygen atoms in total. The van der Waals surface area contributed by atoms with E-state index in [1.807, 2.05) is 0 Å². The summed E-state index contributed by atoms with van der Waals surface area (Å²) in [6.07, 6.45) is 3.29. The van der Waals surface area contributed by atoms with Gasteiger partial charge in [-0.05, 0) is 37.1 Å². The van der Waals surface area contributed by atoms with Gasteiger partial charge in [0.15, 0.2) is 11.1 Å². The van der Waals surface area contributed by atoms with Crippen LogP contribution in [0, 0.1) is 6.92 Å². The molecule has 0 radical (unpaired) electrons. The van der Waals surface area contributed by atoms with Crippen molar-refractivity contribution in [1.29, 1.82) is 0 Å². The number of likely N-dealkylation sites (tertiary alicyclic amines) is 1. The summed E-state index contributed by atoms with van der Waals surface area (Å²) in [5, 5.41) is 0.189. The molecule has 1 N–H and O–H groups in total. The van der Waals surface area contributed by atoms with E-state index in [1.54, 1.807) is 41.6 Å². The van der Waals surface area contributed by atoms with Crippen LogP contribution < -0.4 is 9.46 Å². The number of imidazole rings is 1. The molecule has 1 atom stereocenters. The smallest absolute Gasteiger partial charge is 0.279 e. The van der Waals surface area contributed by atoms with Crippen LogP contribution in [0.5, 0.6) is 5.75 Å². The molecule has 2 aromatic rings. The number of carbonyl (C=O) groups is 1. The first-order valence-electron chi connectivity index (χ1n) is 8.95. The topological polar surface area (TPSA) is 93.5 Å². The van der Waals surface area contributed by atoms with Gasteiger partial charge in [-0.1, -0.05) is 0 Å². The lowest BCUT2D eigenvalue weighted by Gasteiger charge is -2.15. The number of aromatic nitrogens is 2. The lowest BCUT2D eigenvalue weighted by Crippen LogP contribution is -2.29. The average Bonchev–Trinajstić information content (AvgIpc) is 3.29. The third-order valence-corrected chi connectivity index (χ3v) is 6.42. The quantitative estimate of drug-likeness (QED) is 0.836. The van der Waals surface area contributed by atoms with Gasteiger partial charge in [0.25, 0.3) is 15.9 Å². The number of sulfonamides is 1. The Balaban J connectivity index is 1.52. The lowest BCUT2D eigenvalue weighted by atomic mass is 10.2. The molecule has 9 heteroatoms. The summed E-state index contributed by atoms with van der Waals surface area (Å²) in [7, 11) is -1.97. The maximum absolute atomic E-state index is 12.8. The Morgan fingerprint density at radius 2 is 2.11 bits per heavy atom. The molecular weight excluding hydrogens is 368 g/mol. The fraction of sp³-hybridized carbons (Fsp3) is 0.444. The van der Waals surface area contributed by atoms with Crippen molar-refractivity contribution in [3.8, 4) is 5.75 Å². The molecule has 0 aliphatic carbocycles. The van der Waals surface area contributed by atoms with Gasteiger partial charge in [-0.15, -0.1) is 0 Å². The van der Waals surface area contributed by atoms with Crippen molar-refractivity contribution in [1.82, 2.24) is 14.5 Å². The van der Waals surface area contributed by atoms with E-state index in [0.717, 1.165) is 24.2 Å². The minimum atomic E-state index is -3.72. The van der Waals surface area contributed by atoms with Crippen LogP contribution in [0.2, 0.25) is 0 Å². The van der Waals surface area contributed by atoms with Gasteiger partial charge >= 0.3 is 0 Å². The zero-order valence-electron chi connectivity index (χ0n) is 15.3. The highest BCUT2D eigenvalue weighted by atomic mass is 32.2. The van der Waals surface area contributed by atoms with Crippen molar-refractivity contribution >= 4 is 21.6 Å². The van der Waals surface area contributed by atoms with Gasteiger partial charge in [0.1, 0.15) is 11.6 Å². The standard InChI is InChI=1S/C18H22N4O4S/c1-12-10-13(26-15-7-9-21(2)18(15)23)5-6-14(12)20-27(24,25)17-11-19-16-4-3-8-22(16)17/h5-6,10-11,15,20H,3-4,7-9H2,1-2H3. The monoisotopic (exact) mass is 390 g/mol. The van der Waals surface area contributed by atoms with Crippen LogP contribution >= 0.6 is 0 Å². The summed E-state index contributed by atoms with van der Waals surface area (Å²) < 4.78 is 35.7. The number of amides is 1. The zero-order valence-corrected chi connectivity index (χ0v) is 16.1. The number of nitrogens with zero attached hydrogens (tertiary/aromatic N) is 3. The van der Waals surface area contributed by atoms with E-state index in [4.69, 9.17) is 4.74 Å². The second kappa shape index (κ2) is 6.56. The molecule has 4 rings (SSSR count). The minimum Gasteiger partial charge on any atom is -0.481 e. The zero-order chi connectivity index (χ0) is 19.2. The van der Waals surface area contributed by atoms with Gasteiger partial charge in [0, 0.05) is 33.0 Å². The second-order valence-corrected chi connectivity index (χ2v) is 8.63. The van der Waals surface area contributed by atoms with Crippen molar-refractivity contribution in [2.45, 2.75) is 43.9 Å². The number of benzene rings is 1. The number of hydrogen-bond acceptors (Lipinski definition) is 5. The highest BCUT2D eigenvalue weighted by molar-refractivity contribution is 7.92. The summed E-state index contributed by atoms with van der Waals surface area (Å²) in [5.41, 5.74) is 1.20. The van der Waals surface area contributed by atoms with E-state index in [9.17, 15) is 13.2 Å². The molecule has 2 aliphatic heterocycles. The molecule has 1 aromatic carbocycles. The first-order chi connectivity index (χ1) is 12.8. The molecule has 1 aromatic heterocycles. The molecule has 0 bridgehead atoms. The molecule has 1 saturated heterocycles. The highest BCUT2D eigenvalue weighted by Crippen LogP contribution is 2.27. The molecule has 0 spiro atoms. The van der Waals surface area contributed by atoms with Crippen molar-refractivity contribution in [3.05, 3.63) is 35.8 Å². The van der Waals surface area contributed by atoms with Gasteiger partial charge < -0.3 is 14.2 Å². The molecule has 1 fully saturated rings. The number of ether oxygens (including phenoxy) is 1. The van der Waals surface area contributed by atoms with E-state index in [1.165, 1.54) is 6.20 Å². The third kappa shape index (κ3) is 3.27. The molecule has 1 unspecified atom stereocenters. The Bertz CT molecular complexity index is 999. The fourth-order valence-electron chi connectivity index (χ4n) is 3.53. The number of nitrogens with one attached hydrogen (secondary N) is 1. The molecule has 3 heterocycles. The van der Waals surface area contributed by atoms with Gasteiger partial charge in [-0.3, -0.25) is 9.52 Å². The minimum absolute atomic E-state index is 0.0352. The van der Waals surface area contributed by atoms with E-state index >= 15 is 0 Å². The SMILES string of the molecule is Cc1cc(OC2CCN(C)C2=O)ccc1NS(=O)(=O)c1cnc2n1CCC2. The van der Waals surface area contributed by atoms with Crippen LogP contribution in [-0.4, -0.2) is 48.5 Å². The molecule has 0 saturated carbocycles. The largest absolute Gasteiger partial charge is 0.481 e. The number of hydrogen-bond donors (Lipinski definition) is 1. The predicted octanol–water partition coefficient (Wildman–Crippen LogP) is 1.55. The molecule has 2 aliphatic rings. The first kappa shape index (κ1) is 17.8. The van der Waals surface area contributed by atoms with E-state index in [-0.39, 0.29) is 10.9 Å². The first-order valence-corrected chi connectivity index (χ1v) is 10.4. The Hall–Kier alpha value is -2.55. The van der Waals surface area contributed by atoms with E-state index < -0.39 is 16.1 Å². The van der Waals surface area contributed by atoms with Crippen LogP contribution in [0.15, 0.2) is 29.4 Å². The lowest BCUT2D eigenvalue weighted by molar-refractivity contribution is -0.132. The predicted molar refractivity (Wildman–Crippen MR) is 99.2 cm³/mol. The van der Waals surface area contributed by atoms with Crippen LogP contribution in [0.3, 0.4) is 0 Å². The van der Waals surface area contributed by atoms with Crippen LogP contribution in [0.25, 0.3) is 0 Å². The van der Waals surface area contributed by atoms with E-state index in [0.29, 0.717) is 30.9 Å². The Kier molecular flexibility index (Phi) is 4.33. The average molecular weight is 390 g/mol. The van der Waals surface area contributed by atoms with Gasteiger partial charge in [-0.2, -0.15) is 8.42 Å². The number of anilines is 1. The highest BCUT2D eigenvalue weighted by Gasteiger charge is 2.31. The normalized spacial score (nSPS) is 19.4. The van der Waals surface area contributed by atoms with Crippen LogP contribution in [-0.2, 0) is 27.8 Å². The molecule has 1 amide bonds. The van der Waals surface area contributed by atoms with Crippen LogP contribution in [0.1, 0.15) is 24.2 Å². The molecular formula is C18H22N4O4S. The summed E-state index contributed by atoms with van der Waals surface area (Å²) in [6.45, 7) is 3.14. The van der Waals surface area contributed by atoms with Crippen LogP contribution in [0.4, 0.5) is 5.69 Å². The number of likely N-dealkylation sites (N-methyl/N-ethyl adjacent to an activating group) is 1. The van der Waals surface area contributed by atoms with Crippen molar-refractivity contribution in [3.63, 3.8) is 0 Å². The van der Waals surface area contributed by atoms with Gasteiger partial charge in [-0.25, -0.2) is 4.98 Å². The number of carbonyl (C=O) groups excluding carboxylic acids is 1. The molecule has 27 heavy (non-hydrogen) atoms. The van der Waals surface area contributed by atoms with Gasteiger partial charge in [0.05, 0.1) is 11.9 Å². The van der Waals surface area contributed by atoms with E-state index in [2.05, 4.69) is 9.71 Å². The summed E-state index contributed by atoms with van der Waals surface area (Å²) >= 11 is 0. The van der Waals surface area contributed by atoms with Crippen molar-refractivity contribution in [2.24, 2.45) is 0 Å². The van der Waals surface area contributed by atoms with Gasteiger partial charge in [0.2, 0.25) is 0 Å². The Morgan fingerprint density at radius 1 is 1.30 bits per heavy atom. The second-order valence-electron chi connectivity index (χ2n) is 7.01.